The Morgan fingerprint density at radius 2 is 1.32 bits per heavy atom. The minimum atomic E-state index is -0.0637. The fourth-order valence-electron chi connectivity index (χ4n) is 2.49. The van der Waals surface area contributed by atoms with Crippen molar-refractivity contribution in [2.75, 3.05) is 11.5 Å². The number of rotatable bonds is 3. The first kappa shape index (κ1) is 13.9. The van der Waals surface area contributed by atoms with Crippen LogP contribution in [0.3, 0.4) is 0 Å². The van der Waals surface area contributed by atoms with Crippen molar-refractivity contribution >= 4 is 17.2 Å². The molecule has 3 heteroatoms. The highest BCUT2D eigenvalue weighted by Gasteiger charge is 2.18. The molecule has 0 radical (unpaired) electrons. The van der Waals surface area contributed by atoms with Gasteiger partial charge in [0.1, 0.15) is 0 Å². The maximum absolute atomic E-state index is 12.8. The number of nitrogen functional groups attached to an aromatic ring is 2. The minimum Gasteiger partial charge on any atom is -0.397 e. The van der Waals surface area contributed by atoms with Gasteiger partial charge in [0.25, 0.3) is 0 Å². The first-order chi connectivity index (χ1) is 10.7. The van der Waals surface area contributed by atoms with Crippen molar-refractivity contribution < 1.29 is 4.79 Å². The summed E-state index contributed by atoms with van der Waals surface area (Å²) < 4.78 is 0. The van der Waals surface area contributed by atoms with E-state index >= 15 is 0 Å². The Morgan fingerprint density at radius 3 is 1.95 bits per heavy atom. The lowest BCUT2D eigenvalue weighted by atomic mass is 9.92. The molecule has 22 heavy (non-hydrogen) atoms. The average molecular weight is 288 g/mol. The summed E-state index contributed by atoms with van der Waals surface area (Å²) in [7, 11) is 0. The van der Waals surface area contributed by atoms with Crippen LogP contribution in [0.2, 0.25) is 0 Å². The summed E-state index contributed by atoms with van der Waals surface area (Å²) in [5.41, 5.74) is 15.8. The van der Waals surface area contributed by atoms with Crippen molar-refractivity contribution in [3.05, 3.63) is 83.9 Å². The third kappa shape index (κ3) is 2.44. The molecule has 0 aliphatic rings. The smallest absolute Gasteiger partial charge is 0.193 e. The van der Waals surface area contributed by atoms with Crippen LogP contribution >= 0.6 is 0 Å². The standard InChI is InChI=1S/C19H16N2O/c20-16-12-11-15(19(22)14-9-5-2-6-10-14)17(18(16)21)13-7-3-1-4-8-13/h1-12H,20-21H2. The minimum absolute atomic E-state index is 0.0637. The molecule has 0 heterocycles. The van der Waals surface area contributed by atoms with Gasteiger partial charge in [0.05, 0.1) is 11.4 Å². The summed E-state index contributed by atoms with van der Waals surface area (Å²) in [4.78, 5) is 12.8. The number of hydrogen-bond acceptors (Lipinski definition) is 3. The Bertz CT molecular complexity index is 812. The van der Waals surface area contributed by atoms with Gasteiger partial charge in [-0.1, -0.05) is 60.7 Å². The van der Waals surface area contributed by atoms with E-state index in [1.807, 2.05) is 48.5 Å². The van der Waals surface area contributed by atoms with Crippen LogP contribution in [0.25, 0.3) is 11.1 Å². The molecule has 0 atom stereocenters. The molecule has 0 saturated heterocycles. The van der Waals surface area contributed by atoms with Gasteiger partial charge in [0.15, 0.2) is 5.78 Å². The van der Waals surface area contributed by atoms with E-state index in [-0.39, 0.29) is 5.78 Å². The number of nitrogens with two attached hydrogens (primary N) is 2. The van der Waals surface area contributed by atoms with E-state index in [9.17, 15) is 4.79 Å². The predicted molar refractivity (Wildman–Crippen MR) is 90.6 cm³/mol. The lowest BCUT2D eigenvalue weighted by Crippen LogP contribution is -2.07. The highest BCUT2D eigenvalue weighted by molar-refractivity contribution is 6.15. The number of hydrogen-bond donors (Lipinski definition) is 2. The molecule has 3 aromatic carbocycles. The number of carbonyl (C=O) groups excluding carboxylic acids is 1. The Morgan fingerprint density at radius 1 is 0.727 bits per heavy atom. The molecule has 0 saturated carbocycles. The first-order valence-electron chi connectivity index (χ1n) is 7.01. The number of ketones is 1. The van der Waals surface area contributed by atoms with Gasteiger partial charge < -0.3 is 11.5 Å². The summed E-state index contributed by atoms with van der Waals surface area (Å²) >= 11 is 0. The zero-order valence-corrected chi connectivity index (χ0v) is 12.0. The second-order valence-corrected chi connectivity index (χ2v) is 5.05. The molecular formula is C19H16N2O. The van der Waals surface area contributed by atoms with Gasteiger partial charge in [0, 0.05) is 16.7 Å². The molecule has 0 fully saturated rings. The Balaban J connectivity index is 2.21. The number of carbonyl (C=O) groups is 1. The number of anilines is 2. The van der Waals surface area contributed by atoms with Gasteiger partial charge in [-0.15, -0.1) is 0 Å². The second kappa shape index (κ2) is 5.74. The van der Waals surface area contributed by atoms with E-state index in [4.69, 9.17) is 11.5 Å². The van der Waals surface area contributed by atoms with Crippen LogP contribution in [-0.2, 0) is 0 Å². The summed E-state index contributed by atoms with van der Waals surface area (Å²) in [6.45, 7) is 0. The van der Waals surface area contributed by atoms with Crippen LogP contribution in [0.1, 0.15) is 15.9 Å². The topological polar surface area (TPSA) is 69.1 Å². The van der Waals surface area contributed by atoms with Crippen molar-refractivity contribution in [3.63, 3.8) is 0 Å². The van der Waals surface area contributed by atoms with Crippen LogP contribution < -0.4 is 11.5 Å². The van der Waals surface area contributed by atoms with Crippen molar-refractivity contribution in [2.45, 2.75) is 0 Å². The van der Waals surface area contributed by atoms with Gasteiger partial charge in [-0.25, -0.2) is 0 Å². The summed E-state index contributed by atoms with van der Waals surface area (Å²) in [5.74, 6) is -0.0637. The SMILES string of the molecule is Nc1ccc(C(=O)c2ccccc2)c(-c2ccccc2)c1N. The molecule has 4 N–H and O–H groups in total. The van der Waals surface area contributed by atoms with E-state index < -0.39 is 0 Å². The second-order valence-electron chi connectivity index (χ2n) is 5.05. The van der Waals surface area contributed by atoms with Crippen LogP contribution in [0, 0.1) is 0 Å². The van der Waals surface area contributed by atoms with Crippen LogP contribution in [0.15, 0.2) is 72.8 Å². The molecule has 3 rings (SSSR count). The van der Waals surface area contributed by atoms with E-state index in [0.717, 1.165) is 5.56 Å². The van der Waals surface area contributed by atoms with Crippen LogP contribution in [0.4, 0.5) is 11.4 Å². The Hall–Kier alpha value is -3.07. The summed E-state index contributed by atoms with van der Waals surface area (Å²) in [6.07, 6.45) is 0. The van der Waals surface area contributed by atoms with Crippen molar-refractivity contribution in [2.24, 2.45) is 0 Å². The Labute approximate surface area is 129 Å². The van der Waals surface area contributed by atoms with E-state index in [1.165, 1.54) is 0 Å². The Kier molecular flexibility index (Phi) is 3.62. The van der Waals surface area contributed by atoms with Crippen molar-refractivity contribution in [3.8, 4) is 11.1 Å². The molecule has 3 nitrogen and oxygen atoms in total. The fraction of sp³-hybridized carbons (Fsp3) is 0. The average Bonchev–Trinajstić information content (AvgIpc) is 2.58. The van der Waals surface area contributed by atoms with Crippen LogP contribution in [0.5, 0.6) is 0 Å². The molecule has 0 aliphatic carbocycles. The molecule has 0 aliphatic heterocycles. The van der Waals surface area contributed by atoms with Crippen molar-refractivity contribution in [1.29, 1.82) is 0 Å². The lowest BCUT2D eigenvalue weighted by molar-refractivity contribution is 0.103. The van der Waals surface area contributed by atoms with Gasteiger partial charge in [0.2, 0.25) is 0 Å². The van der Waals surface area contributed by atoms with Gasteiger partial charge in [-0.2, -0.15) is 0 Å². The third-order valence-corrected chi connectivity index (χ3v) is 3.62. The molecular weight excluding hydrogens is 272 g/mol. The van der Waals surface area contributed by atoms with Gasteiger partial charge in [-0.05, 0) is 17.7 Å². The highest BCUT2D eigenvalue weighted by atomic mass is 16.1. The normalized spacial score (nSPS) is 10.4. The van der Waals surface area contributed by atoms with Crippen molar-refractivity contribution in [1.82, 2.24) is 0 Å². The quantitative estimate of drug-likeness (QED) is 0.569. The third-order valence-electron chi connectivity index (χ3n) is 3.62. The van der Waals surface area contributed by atoms with E-state index in [2.05, 4.69) is 0 Å². The maximum Gasteiger partial charge on any atom is 0.193 e. The zero-order valence-electron chi connectivity index (χ0n) is 12.0. The largest absolute Gasteiger partial charge is 0.397 e. The fourth-order valence-corrected chi connectivity index (χ4v) is 2.49. The van der Waals surface area contributed by atoms with Gasteiger partial charge in [-0.3, -0.25) is 4.79 Å². The number of benzene rings is 3. The molecule has 0 bridgehead atoms. The molecule has 0 amide bonds. The lowest BCUT2D eigenvalue weighted by Gasteiger charge is -2.14. The molecule has 0 unspecified atom stereocenters. The van der Waals surface area contributed by atoms with E-state index in [1.54, 1.807) is 24.3 Å². The summed E-state index contributed by atoms with van der Waals surface area (Å²) in [5, 5.41) is 0. The van der Waals surface area contributed by atoms with Gasteiger partial charge >= 0.3 is 0 Å². The predicted octanol–water partition coefficient (Wildman–Crippen LogP) is 3.75. The van der Waals surface area contributed by atoms with Crippen LogP contribution in [-0.4, -0.2) is 5.78 Å². The monoisotopic (exact) mass is 288 g/mol. The maximum atomic E-state index is 12.8. The highest BCUT2D eigenvalue weighted by Crippen LogP contribution is 2.34. The first-order valence-corrected chi connectivity index (χ1v) is 7.01. The molecule has 108 valence electrons. The van der Waals surface area contributed by atoms with E-state index in [0.29, 0.717) is 28.1 Å². The molecule has 0 spiro atoms. The molecule has 0 aromatic heterocycles. The zero-order chi connectivity index (χ0) is 15.5. The summed E-state index contributed by atoms with van der Waals surface area (Å²) in [6, 6.07) is 22.2. The molecule has 3 aromatic rings.